The van der Waals surface area contributed by atoms with Crippen LogP contribution in [0.3, 0.4) is 0 Å². The fourth-order valence-corrected chi connectivity index (χ4v) is 4.57. The topological polar surface area (TPSA) is 94.7 Å². The van der Waals surface area contributed by atoms with E-state index in [0.29, 0.717) is 19.0 Å². The number of aryl methyl sites for hydroxylation is 1. The van der Waals surface area contributed by atoms with E-state index in [1.54, 1.807) is 12.5 Å². The molecule has 140 valence electrons. The summed E-state index contributed by atoms with van der Waals surface area (Å²) in [4.78, 5) is 17.7. The first-order valence-electron chi connectivity index (χ1n) is 9.17. The van der Waals surface area contributed by atoms with E-state index in [-0.39, 0.29) is 18.2 Å². The number of imidazole rings is 1. The highest BCUT2D eigenvalue weighted by Crippen LogP contribution is 2.51. The summed E-state index contributed by atoms with van der Waals surface area (Å²) in [5.74, 6) is 0.418. The Morgan fingerprint density at radius 2 is 2.27 bits per heavy atom. The number of ether oxygens (including phenoxy) is 2. The summed E-state index contributed by atoms with van der Waals surface area (Å²) < 4.78 is 14.1. The van der Waals surface area contributed by atoms with Gasteiger partial charge < -0.3 is 19.1 Å². The van der Waals surface area contributed by atoms with E-state index in [2.05, 4.69) is 26.9 Å². The number of hydrogen-bond acceptors (Lipinski definition) is 7. The van der Waals surface area contributed by atoms with Crippen molar-refractivity contribution in [2.75, 3.05) is 6.61 Å². The molecule has 1 N–H and O–H groups in total. The Bertz CT molecular complexity index is 851. The lowest BCUT2D eigenvalue weighted by molar-refractivity contribution is -0.111. The second-order valence-corrected chi connectivity index (χ2v) is 7.11. The van der Waals surface area contributed by atoms with Crippen molar-refractivity contribution < 1.29 is 14.6 Å². The first kappa shape index (κ1) is 17.5. The second-order valence-electron chi connectivity index (χ2n) is 7.11. The summed E-state index contributed by atoms with van der Waals surface area (Å²) in [6.07, 6.45) is 4.10. The van der Waals surface area contributed by atoms with E-state index in [9.17, 15) is 5.11 Å². The Hall–Kier alpha value is -1.90. The van der Waals surface area contributed by atoms with Crippen molar-refractivity contribution in [2.45, 2.75) is 64.6 Å². The summed E-state index contributed by atoms with van der Waals surface area (Å²) in [6, 6.07) is -0.106. The van der Waals surface area contributed by atoms with Crippen LogP contribution in [-0.4, -0.2) is 55.4 Å². The SMILES string of the molecule is CC=Nc1nc(C)c2ncn([C@H]3C[C@H](O)[C@@H](CC)[C@@]34COC(C)O4)c2n1. The van der Waals surface area contributed by atoms with Crippen LogP contribution in [0.5, 0.6) is 0 Å². The van der Waals surface area contributed by atoms with Crippen LogP contribution in [0.1, 0.15) is 45.3 Å². The molecular formula is C18H25N5O3. The van der Waals surface area contributed by atoms with E-state index in [4.69, 9.17) is 9.47 Å². The zero-order chi connectivity index (χ0) is 18.5. The molecule has 5 atom stereocenters. The molecule has 2 aromatic heterocycles. The first-order chi connectivity index (χ1) is 12.5. The first-order valence-corrected chi connectivity index (χ1v) is 9.17. The minimum atomic E-state index is -0.575. The quantitative estimate of drug-likeness (QED) is 0.845. The van der Waals surface area contributed by atoms with E-state index in [0.717, 1.165) is 23.3 Å². The number of rotatable bonds is 3. The average molecular weight is 359 g/mol. The number of aromatic nitrogens is 4. The molecule has 8 heteroatoms. The minimum absolute atomic E-state index is 0.00553. The fraction of sp³-hybridized carbons (Fsp3) is 0.667. The van der Waals surface area contributed by atoms with Crippen molar-refractivity contribution in [3.8, 4) is 0 Å². The fourth-order valence-electron chi connectivity index (χ4n) is 4.57. The zero-order valence-corrected chi connectivity index (χ0v) is 15.6. The van der Waals surface area contributed by atoms with Crippen LogP contribution in [0.15, 0.2) is 11.3 Å². The van der Waals surface area contributed by atoms with Gasteiger partial charge in [-0.2, -0.15) is 4.98 Å². The van der Waals surface area contributed by atoms with Gasteiger partial charge in [0.15, 0.2) is 11.9 Å². The number of nitrogens with zero attached hydrogens (tertiary/aromatic N) is 5. The van der Waals surface area contributed by atoms with Crippen molar-refractivity contribution in [3.63, 3.8) is 0 Å². The molecule has 3 heterocycles. The van der Waals surface area contributed by atoms with Gasteiger partial charge in [0.05, 0.1) is 30.8 Å². The Morgan fingerprint density at radius 3 is 2.92 bits per heavy atom. The third-order valence-electron chi connectivity index (χ3n) is 5.65. The van der Waals surface area contributed by atoms with Crippen molar-refractivity contribution in [1.29, 1.82) is 0 Å². The van der Waals surface area contributed by atoms with Crippen LogP contribution < -0.4 is 0 Å². The Kier molecular flexibility index (Phi) is 4.29. The van der Waals surface area contributed by atoms with Crippen molar-refractivity contribution >= 4 is 23.3 Å². The maximum Gasteiger partial charge on any atom is 0.251 e. The number of aliphatic imine (C=N–C) groups is 1. The van der Waals surface area contributed by atoms with Gasteiger partial charge in [0, 0.05) is 12.1 Å². The van der Waals surface area contributed by atoms with Crippen molar-refractivity contribution in [2.24, 2.45) is 10.9 Å². The molecule has 0 bridgehead atoms. The van der Waals surface area contributed by atoms with E-state index in [1.807, 2.05) is 25.3 Å². The van der Waals surface area contributed by atoms with Gasteiger partial charge in [-0.15, -0.1) is 0 Å². The van der Waals surface area contributed by atoms with Crippen LogP contribution >= 0.6 is 0 Å². The molecular weight excluding hydrogens is 334 g/mol. The second kappa shape index (κ2) is 6.37. The van der Waals surface area contributed by atoms with Crippen LogP contribution in [-0.2, 0) is 9.47 Å². The molecule has 1 unspecified atom stereocenters. The van der Waals surface area contributed by atoms with Gasteiger partial charge in [0.2, 0.25) is 0 Å². The molecule has 1 aliphatic carbocycles. The predicted molar refractivity (Wildman–Crippen MR) is 96.6 cm³/mol. The molecule has 0 aromatic carbocycles. The summed E-state index contributed by atoms with van der Waals surface area (Å²) >= 11 is 0. The van der Waals surface area contributed by atoms with Crippen molar-refractivity contribution in [1.82, 2.24) is 19.5 Å². The molecule has 1 saturated heterocycles. The Balaban J connectivity index is 1.86. The van der Waals surface area contributed by atoms with Gasteiger partial charge in [0.25, 0.3) is 5.95 Å². The maximum atomic E-state index is 10.7. The van der Waals surface area contributed by atoms with Gasteiger partial charge in [0.1, 0.15) is 11.1 Å². The highest BCUT2D eigenvalue weighted by Gasteiger charge is 2.59. The van der Waals surface area contributed by atoms with Gasteiger partial charge in [-0.05, 0) is 33.6 Å². The zero-order valence-electron chi connectivity index (χ0n) is 15.6. The third kappa shape index (κ3) is 2.47. The van der Waals surface area contributed by atoms with E-state index in [1.165, 1.54) is 0 Å². The predicted octanol–water partition coefficient (Wildman–Crippen LogP) is 2.32. The molecule has 8 nitrogen and oxygen atoms in total. The largest absolute Gasteiger partial charge is 0.393 e. The molecule has 4 rings (SSSR count). The molecule has 2 aromatic rings. The lowest BCUT2D eigenvalue weighted by Crippen LogP contribution is -2.45. The van der Waals surface area contributed by atoms with Crippen LogP contribution in [0, 0.1) is 12.8 Å². The molecule has 1 aliphatic heterocycles. The molecule has 0 radical (unpaired) electrons. The summed E-state index contributed by atoms with van der Waals surface area (Å²) in [7, 11) is 0. The maximum absolute atomic E-state index is 10.7. The standard InChI is InChI=1S/C18H25N5O3/c1-5-12-13(24)7-14(18(12)8-25-11(4)26-18)23-9-20-15-10(3)21-17(19-6-2)22-16(15)23/h6,9,11-14,24H,5,7-8H2,1-4H3/t11?,12-,13+,14+,18+/m1/s1. The van der Waals surface area contributed by atoms with Crippen molar-refractivity contribution in [3.05, 3.63) is 12.0 Å². The van der Waals surface area contributed by atoms with Gasteiger partial charge in [-0.25, -0.2) is 15.0 Å². The highest BCUT2D eigenvalue weighted by atomic mass is 16.7. The molecule has 1 spiro atoms. The summed E-state index contributed by atoms with van der Waals surface area (Å²) in [5.41, 5.74) is 1.67. The third-order valence-corrected chi connectivity index (χ3v) is 5.65. The molecule has 2 fully saturated rings. The van der Waals surface area contributed by atoms with Crippen LogP contribution in [0.25, 0.3) is 11.2 Å². The number of aliphatic hydroxyl groups excluding tert-OH is 1. The molecule has 1 saturated carbocycles. The van der Waals surface area contributed by atoms with E-state index < -0.39 is 11.7 Å². The average Bonchev–Trinajstić information content (AvgIpc) is 3.25. The lowest BCUT2D eigenvalue weighted by Gasteiger charge is -2.35. The molecule has 2 aliphatic rings. The van der Waals surface area contributed by atoms with Gasteiger partial charge in [-0.3, -0.25) is 0 Å². The Morgan fingerprint density at radius 1 is 1.46 bits per heavy atom. The molecule has 0 amide bonds. The summed E-state index contributed by atoms with van der Waals surface area (Å²) in [6.45, 7) is 8.17. The Labute approximate surface area is 152 Å². The van der Waals surface area contributed by atoms with Crippen LogP contribution in [0.2, 0.25) is 0 Å². The van der Waals surface area contributed by atoms with Crippen LogP contribution in [0.4, 0.5) is 5.95 Å². The van der Waals surface area contributed by atoms with Gasteiger partial charge in [-0.1, -0.05) is 6.92 Å². The van der Waals surface area contributed by atoms with E-state index >= 15 is 0 Å². The lowest BCUT2D eigenvalue weighted by atomic mass is 9.86. The highest BCUT2D eigenvalue weighted by molar-refractivity contribution is 5.75. The number of hydrogen-bond donors (Lipinski definition) is 1. The number of fused-ring (bicyclic) bond motifs is 1. The molecule has 26 heavy (non-hydrogen) atoms. The minimum Gasteiger partial charge on any atom is -0.393 e. The summed E-state index contributed by atoms with van der Waals surface area (Å²) in [5, 5.41) is 10.7. The smallest absolute Gasteiger partial charge is 0.251 e. The van der Waals surface area contributed by atoms with Gasteiger partial charge >= 0.3 is 0 Å². The number of aliphatic hydroxyl groups is 1. The normalized spacial score (nSPS) is 34.7. The monoisotopic (exact) mass is 359 g/mol.